The van der Waals surface area contributed by atoms with Gasteiger partial charge in [-0.15, -0.1) is 0 Å². The Morgan fingerprint density at radius 3 is 2.12 bits per heavy atom. The second-order valence-corrected chi connectivity index (χ2v) is 6.55. The van der Waals surface area contributed by atoms with Crippen LogP contribution in [-0.4, -0.2) is 48.2 Å². The number of fused-ring (bicyclic) bond motifs is 3. The highest BCUT2D eigenvalue weighted by atomic mass is 16.6. The van der Waals surface area contributed by atoms with Crippen molar-refractivity contribution in [1.29, 1.82) is 0 Å². The summed E-state index contributed by atoms with van der Waals surface area (Å²) in [6.45, 7) is 1.46. The van der Waals surface area contributed by atoms with Gasteiger partial charge in [0.2, 0.25) is 0 Å². The maximum atomic E-state index is 12.4. The second kappa shape index (κ2) is 7.70. The monoisotopic (exact) mass is 353 g/mol. The van der Waals surface area contributed by atoms with Crippen LogP contribution in [-0.2, 0) is 9.53 Å². The van der Waals surface area contributed by atoms with Crippen LogP contribution < -0.4 is 0 Å². The van der Waals surface area contributed by atoms with Crippen molar-refractivity contribution in [2.75, 3.05) is 20.3 Å². The highest BCUT2D eigenvalue weighted by molar-refractivity contribution is 5.85. The van der Waals surface area contributed by atoms with Gasteiger partial charge in [-0.25, -0.2) is 4.79 Å². The van der Waals surface area contributed by atoms with E-state index in [1.165, 1.54) is 30.0 Å². The smallest absolute Gasteiger partial charge is 0.410 e. The van der Waals surface area contributed by atoms with E-state index >= 15 is 0 Å². The molecule has 0 bridgehead atoms. The summed E-state index contributed by atoms with van der Waals surface area (Å²) in [7, 11) is 1.53. The Morgan fingerprint density at radius 1 is 1.08 bits per heavy atom. The summed E-state index contributed by atoms with van der Waals surface area (Å²) in [5, 5.41) is 9.11. The molecule has 1 aliphatic rings. The third kappa shape index (κ3) is 3.35. The number of carbonyl (C=O) groups is 2. The van der Waals surface area contributed by atoms with E-state index in [9.17, 15) is 9.59 Å². The maximum absolute atomic E-state index is 12.4. The number of aliphatic hydroxyl groups excluding tert-OH is 1. The highest BCUT2D eigenvalue weighted by Crippen LogP contribution is 2.44. The molecule has 2 aromatic carbocycles. The molecule has 0 saturated carbocycles. The molecule has 1 atom stereocenters. The molecule has 26 heavy (non-hydrogen) atoms. The molecular formula is C21H23NO4. The molecule has 0 aliphatic heterocycles. The minimum absolute atomic E-state index is 0.0200. The van der Waals surface area contributed by atoms with Gasteiger partial charge < -0.3 is 14.7 Å². The number of Topliss-reactive ketones (excluding diaryl/α,β-unsaturated/α-hetero) is 1. The lowest BCUT2D eigenvalue weighted by Gasteiger charge is -2.25. The van der Waals surface area contributed by atoms with Crippen LogP contribution in [0, 0.1) is 0 Å². The third-order valence-electron chi connectivity index (χ3n) is 4.96. The zero-order valence-electron chi connectivity index (χ0n) is 15.0. The van der Waals surface area contributed by atoms with Gasteiger partial charge in [0.25, 0.3) is 0 Å². The third-order valence-corrected chi connectivity index (χ3v) is 4.96. The number of ether oxygens (including phenoxy) is 1. The fraction of sp³-hybridized carbons (Fsp3) is 0.333. The van der Waals surface area contributed by atoms with Crippen LogP contribution in [0.4, 0.5) is 4.79 Å². The van der Waals surface area contributed by atoms with Crippen molar-refractivity contribution in [3.05, 3.63) is 59.7 Å². The molecule has 3 rings (SSSR count). The molecule has 5 heteroatoms. The molecular weight excluding hydrogens is 330 g/mol. The first-order valence-electron chi connectivity index (χ1n) is 8.73. The largest absolute Gasteiger partial charge is 0.448 e. The van der Waals surface area contributed by atoms with Crippen molar-refractivity contribution in [1.82, 2.24) is 4.90 Å². The highest BCUT2D eigenvalue weighted by Gasteiger charge is 2.30. The summed E-state index contributed by atoms with van der Waals surface area (Å²) in [4.78, 5) is 25.4. The van der Waals surface area contributed by atoms with Crippen LogP contribution in [0.2, 0.25) is 0 Å². The number of benzene rings is 2. The van der Waals surface area contributed by atoms with Gasteiger partial charge in [-0.1, -0.05) is 48.5 Å². The molecule has 5 nitrogen and oxygen atoms in total. The molecule has 1 N–H and O–H groups in total. The summed E-state index contributed by atoms with van der Waals surface area (Å²) < 4.78 is 5.53. The lowest BCUT2D eigenvalue weighted by molar-refractivity contribution is -0.121. The summed E-state index contributed by atoms with van der Waals surface area (Å²) in [6, 6.07) is 15.6. The zero-order valence-corrected chi connectivity index (χ0v) is 15.0. The molecule has 0 radical (unpaired) electrons. The molecule has 0 fully saturated rings. The van der Waals surface area contributed by atoms with Gasteiger partial charge in [0.15, 0.2) is 5.78 Å². The van der Waals surface area contributed by atoms with Gasteiger partial charge in [-0.05, 0) is 35.6 Å². The summed E-state index contributed by atoms with van der Waals surface area (Å²) in [5.74, 6) is -0.191. The van der Waals surface area contributed by atoms with Crippen molar-refractivity contribution in [2.24, 2.45) is 0 Å². The number of nitrogens with zero attached hydrogens (tertiary/aromatic N) is 1. The Balaban J connectivity index is 1.75. The Kier molecular flexibility index (Phi) is 5.38. The lowest BCUT2D eigenvalue weighted by Crippen LogP contribution is -2.42. The van der Waals surface area contributed by atoms with Crippen LogP contribution in [0.15, 0.2) is 48.5 Å². The van der Waals surface area contributed by atoms with Crippen molar-refractivity contribution in [3.63, 3.8) is 0 Å². The van der Waals surface area contributed by atoms with Gasteiger partial charge in [0.05, 0.1) is 6.04 Å². The first-order valence-corrected chi connectivity index (χ1v) is 8.73. The van der Waals surface area contributed by atoms with Crippen LogP contribution in [0.3, 0.4) is 0 Å². The standard InChI is InChI=1S/C21H23NO4/c1-14(24)20(11-12-23)22(2)21(25)26-13-19-17-9-5-3-7-15(17)16-8-4-6-10-18(16)19/h3-10,19-20,23H,11-13H2,1-2H3/t20-/m0/s1. The molecule has 2 aromatic rings. The number of hydrogen-bond donors (Lipinski definition) is 1. The fourth-order valence-corrected chi connectivity index (χ4v) is 3.61. The molecule has 1 amide bonds. The number of ketones is 1. The minimum Gasteiger partial charge on any atom is -0.448 e. The minimum atomic E-state index is -0.671. The molecule has 0 heterocycles. The van der Waals surface area contributed by atoms with Gasteiger partial charge in [0.1, 0.15) is 6.61 Å². The van der Waals surface area contributed by atoms with E-state index in [1.807, 2.05) is 24.3 Å². The molecule has 136 valence electrons. The summed E-state index contributed by atoms with van der Waals surface area (Å²) >= 11 is 0. The van der Waals surface area contributed by atoms with E-state index in [0.29, 0.717) is 0 Å². The van der Waals surface area contributed by atoms with E-state index < -0.39 is 12.1 Å². The number of carbonyl (C=O) groups excluding carboxylic acids is 2. The first-order chi connectivity index (χ1) is 12.5. The van der Waals surface area contributed by atoms with Crippen molar-refractivity contribution in [3.8, 4) is 11.1 Å². The number of rotatable bonds is 6. The fourth-order valence-electron chi connectivity index (χ4n) is 3.61. The molecule has 0 spiro atoms. The number of aliphatic hydroxyl groups is 1. The van der Waals surface area contributed by atoms with Crippen molar-refractivity contribution < 1.29 is 19.4 Å². The summed E-state index contributed by atoms with van der Waals surface area (Å²) in [5.41, 5.74) is 4.61. The van der Waals surface area contributed by atoms with E-state index in [2.05, 4.69) is 24.3 Å². The number of hydrogen-bond acceptors (Lipinski definition) is 4. The maximum Gasteiger partial charge on any atom is 0.410 e. The quantitative estimate of drug-likeness (QED) is 0.866. The Hall–Kier alpha value is -2.66. The van der Waals surface area contributed by atoms with Crippen LogP contribution in [0.5, 0.6) is 0 Å². The Bertz CT molecular complexity index is 772. The van der Waals surface area contributed by atoms with Gasteiger partial charge >= 0.3 is 6.09 Å². The first kappa shape index (κ1) is 18.1. The van der Waals surface area contributed by atoms with Gasteiger partial charge in [0, 0.05) is 19.6 Å². The number of likely N-dealkylation sites (N-methyl/N-ethyl adjacent to an activating group) is 1. The lowest BCUT2D eigenvalue weighted by atomic mass is 9.98. The Morgan fingerprint density at radius 2 is 1.62 bits per heavy atom. The molecule has 0 saturated heterocycles. The number of amides is 1. The molecule has 0 unspecified atom stereocenters. The van der Waals surface area contributed by atoms with Crippen molar-refractivity contribution >= 4 is 11.9 Å². The predicted molar refractivity (Wildman–Crippen MR) is 99.0 cm³/mol. The Labute approximate surface area is 153 Å². The zero-order chi connectivity index (χ0) is 18.7. The van der Waals surface area contributed by atoms with E-state index in [4.69, 9.17) is 9.84 Å². The van der Waals surface area contributed by atoms with Crippen LogP contribution in [0.1, 0.15) is 30.4 Å². The summed E-state index contributed by atoms with van der Waals surface area (Å²) in [6.07, 6.45) is -0.351. The average molecular weight is 353 g/mol. The topological polar surface area (TPSA) is 66.8 Å². The van der Waals surface area contributed by atoms with Crippen molar-refractivity contribution in [2.45, 2.75) is 25.3 Å². The van der Waals surface area contributed by atoms with Gasteiger partial charge in [-0.2, -0.15) is 0 Å². The molecule has 0 aromatic heterocycles. The predicted octanol–water partition coefficient (Wildman–Crippen LogP) is 3.21. The van der Waals surface area contributed by atoms with Crippen LogP contribution in [0.25, 0.3) is 11.1 Å². The van der Waals surface area contributed by atoms with Crippen LogP contribution >= 0.6 is 0 Å². The SMILES string of the molecule is CC(=O)[C@H](CCO)N(C)C(=O)OCC1c2ccccc2-c2ccccc21. The molecule has 1 aliphatic carbocycles. The average Bonchev–Trinajstić information content (AvgIpc) is 2.97. The van der Waals surface area contributed by atoms with E-state index in [-0.39, 0.29) is 31.3 Å². The second-order valence-electron chi connectivity index (χ2n) is 6.55. The van der Waals surface area contributed by atoms with E-state index in [1.54, 1.807) is 0 Å². The normalized spacial score (nSPS) is 13.7. The van der Waals surface area contributed by atoms with Gasteiger partial charge in [-0.3, -0.25) is 4.79 Å². The van der Waals surface area contributed by atoms with E-state index in [0.717, 1.165) is 11.1 Å².